The van der Waals surface area contributed by atoms with E-state index >= 15 is 0 Å². The van der Waals surface area contributed by atoms with Gasteiger partial charge in [0.25, 0.3) is 0 Å². The monoisotopic (exact) mass is 403 g/mol. The highest BCUT2D eigenvalue weighted by Crippen LogP contribution is 2.23. The summed E-state index contributed by atoms with van der Waals surface area (Å²) < 4.78 is 7.12. The molecule has 4 heterocycles. The molecule has 0 radical (unpaired) electrons. The number of fused-ring (bicyclic) bond motifs is 2. The lowest BCUT2D eigenvalue weighted by atomic mass is 10.1. The summed E-state index contributed by atoms with van der Waals surface area (Å²) in [6.45, 7) is 1.73. The average molecular weight is 403 g/mol. The lowest BCUT2D eigenvalue weighted by molar-refractivity contribution is -0.131. The molecule has 152 valence electrons. The number of rotatable bonds is 5. The van der Waals surface area contributed by atoms with Crippen LogP contribution in [-0.2, 0) is 22.6 Å². The average Bonchev–Trinajstić information content (AvgIpc) is 3.15. The van der Waals surface area contributed by atoms with Crippen LogP contribution in [0.25, 0.3) is 21.7 Å². The maximum Gasteiger partial charge on any atom is 0.246 e. The van der Waals surface area contributed by atoms with E-state index in [4.69, 9.17) is 10.5 Å². The molecule has 9 heteroatoms. The number of nitrogens with zero attached hydrogens (tertiary/aromatic N) is 4. The predicted molar refractivity (Wildman–Crippen MR) is 114 cm³/mol. The molecular formula is C21H21N7O2. The number of hydrogen-bond acceptors (Lipinski definition) is 7. The molecule has 9 nitrogen and oxygen atoms in total. The highest BCUT2D eigenvalue weighted by molar-refractivity contribution is 5.92. The summed E-state index contributed by atoms with van der Waals surface area (Å²) in [6, 6.07) is 7.90. The molecule has 0 bridgehead atoms. The van der Waals surface area contributed by atoms with Crippen molar-refractivity contribution in [3.8, 4) is 0 Å². The van der Waals surface area contributed by atoms with Crippen molar-refractivity contribution in [3.63, 3.8) is 0 Å². The highest BCUT2D eigenvalue weighted by Gasteiger charge is 2.19. The second kappa shape index (κ2) is 7.60. The number of anilines is 2. The SMILES string of the molecule is Nc1cncc2ccc(CNc3nccc4nn(CC5COCC(=O)N5)cc34)cc12. The van der Waals surface area contributed by atoms with Gasteiger partial charge in [0.05, 0.1) is 42.0 Å². The quantitative estimate of drug-likeness (QED) is 0.464. The summed E-state index contributed by atoms with van der Waals surface area (Å²) in [7, 11) is 0. The maximum absolute atomic E-state index is 11.5. The Bertz CT molecular complexity index is 1240. The third-order valence-corrected chi connectivity index (χ3v) is 5.12. The number of benzene rings is 1. The van der Waals surface area contributed by atoms with Gasteiger partial charge in [-0.25, -0.2) is 4.98 Å². The van der Waals surface area contributed by atoms with Gasteiger partial charge in [-0.2, -0.15) is 5.10 Å². The molecule has 1 atom stereocenters. The van der Waals surface area contributed by atoms with E-state index < -0.39 is 0 Å². The molecule has 1 amide bonds. The number of ether oxygens (including phenoxy) is 1. The first-order valence-corrected chi connectivity index (χ1v) is 9.71. The van der Waals surface area contributed by atoms with Crippen LogP contribution in [0.4, 0.5) is 11.5 Å². The minimum absolute atomic E-state index is 0.0949. The molecule has 30 heavy (non-hydrogen) atoms. The smallest absolute Gasteiger partial charge is 0.246 e. The number of amides is 1. The molecule has 1 unspecified atom stereocenters. The largest absolute Gasteiger partial charge is 0.397 e. The van der Waals surface area contributed by atoms with Gasteiger partial charge in [0, 0.05) is 35.9 Å². The molecule has 1 saturated heterocycles. The van der Waals surface area contributed by atoms with Crippen LogP contribution >= 0.6 is 0 Å². The molecule has 4 N–H and O–H groups in total. The van der Waals surface area contributed by atoms with Crippen LogP contribution in [0.3, 0.4) is 0 Å². The van der Waals surface area contributed by atoms with E-state index in [1.165, 1.54) is 0 Å². The standard InChI is InChI=1S/C21H21N7O2/c22-18-8-23-7-14-2-1-13(5-16(14)18)6-25-21-17-10-28(27-19(17)3-4-24-21)9-15-11-30-12-20(29)26-15/h1-5,7-8,10,15H,6,9,11-12,22H2,(H,24,25)(H,26,29). The summed E-state index contributed by atoms with van der Waals surface area (Å²) in [5, 5.41) is 13.8. The van der Waals surface area contributed by atoms with Crippen LogP contribution < -0.4 is 16.4 Å². The number of nitrogens with two attached hydrogens (primary N) is 1. The third kappa shape index (κ3) is 3.62. The minimum atomic E-state index is -0.0983. The Kier molecular flexibility index (Phi) is 4.64. The Labute approximate surface area is 172 Å². The van der Waals surface area contributed by atoms with Gasteiger partial charge in [0.1, 0.15) is 12.4 Å². The number of nitrogen functional groups attached to an aromatic ring is 1. The van der Waals surface area contributed by atoms with Gasteiger partial charge in [-0.05, 0) is 17.7 Å². The van der Waals surface area contributed by atoms with Crippen LogP contribution in [0.2, 0.25) is 0 Å². The van der Waals surface area contributed by atoms with Crippen molar-refractivity contribution in [3.05, 3.63) is 54.6 Å². The maximum atomic E-state index is 11.5. The lowest BCUT2D eigenvalue weighted by Crippen LogP contribution is -2.47. The molecular weight excluding hydrogens is 382 g/mol. The van der Waals surface area contributed by atoms with E-state index in [0.717, 1.165) is 33.1 Å². The Hall–Kier alpha value is -3.72. The molecule has 1 fully saturated rings. The zero-order valence-corrected chi connectivity index (χ0v) is 16.2. The van der Waals surface area contributed by atoms with E-state index in [-0.39, 0.29) is 18.6 Å². The van der Waals surface area contributed by atoms with Crippen LogP contribution in [-0.4, -0.2) is 44.9 Å². The molecule has 4 aromatic rings. The van der Waals surface area contributed by atoms with Gasteiger partial charge in [-0.1, -0.05) is 12.1 Å². The lowest BCUT2D eigenvalue weighted by Gasteiger charge is -2.23. The van der Waals surface area contributed by atoms with Gasteiger partial charge in [0.15, 0.2) is 0 Å². The van der Waals surface area contributed by atoms with Crippen molar-refractivity contribution < 1.29 is 9.53 Å². The molecule has 1 aliphatic rings. The van der Waals surface area contributed by atoms with Crippen LogP contribution in [0.1, 0.15) is 5.56 Å². The first-order valence-electron chi connectivity index (χ1n) is 9.71. The summed E-state index contributed by atoms with van der Waals surface area (Å²) >= 11 is 0. The van der Waals surface area contributed by atoms with Crippen molar-refractivity contribution >= 4 is 39.1 Å². The fraction of sp³-hybridized carbons (Fsp3) is 0.238. The normalized spacial score (nSPS) is 16.7. The summed E-state index contributed by atoms with van der Waals surface area (Å²) in [5.41, 5.74) is 8.64. The number of carbonyl (C=O) groups excluding carboxylic acids is 1. The zero-order valence-electron chi connectivity index (χ0n) is 16.2. The Morgan fingerprint density at radius 1 is 1.27 bits per heavy atom. The topological polar surface area (TPSA) is 120 Å². The van der Waals surface area contributed by atoms with E-state index in [2.05, 4.69) is 31.8 Å². The van der Waals surface area contributed by atoms with Gasteiger partial charge in [-0.15, -0.1) is 0 Å². The van der Waals surface area contributed by atoms with Gasteiger partial charge in [-0.3, -0.25) is 14.5 Å². The van der Waals surface area contributed by atoms with Crippen molar-refractivity contribution in [2.75, 3.05) is 24.3 Å². The molecule has 0 saturated carbocycles. The summed E-state index contributed by atoms with van der Waals surface area (Å²) in [5.74, 6) is 0.657. The Morgan fingerprint density at radius 2 is 2.20 bits per heavy atom. The molecule has 5 rings (SSSR count). The van der Waals surface area contributed by atoms with Gasteiger partial charge >= 0.3 is 0 Å². The predicted octanol–water partition coefficient (Wildman–Crippen LogP) is 1.69. The fourth-order valence-electron chi connectivity index (χ4n) is 3.69. The second-order valence-electron chi connectivity index (χ2n) is 7.36. The molecule has 1 aromatic carbocycles. The number of pyridine rings is 2. The fourth-order valence-corrected chi connectivity index (χ4v) is 3.69. The Balaban J connectivity index is 1.35. The number of morpholine rings is 1. The molecule has 1 aliphatic heterocycles. The van der Waals surface area contributed by atoms with Crippen LogP contribution in [0.15, 0.2) is 49.1 Å². The van der Waals surface area contributed by atoms with Gasteiger partial charge < -0.3 is 21.1 Å². The second-order valence-corrected chi connectivity index (χ2v) is 7.36. The van der Waals surface area contributed by atoms with Crippen LogP contribution in [0, 0.1) is 0 Å². The van der Waals surface area contributed by atoms with E-state index in [1.807, 2.05) is 29.1 Å². The Morgan fingerprint density at radius 3 is 3.10 bits per heavy atom. The van der Waals surface area contributed by atoms with E-state index in [1.54, 1.807) is 18.6 Å². The summed E-state index contributed by atoms with van der Waals surface area (Å²) in [4.78, 5) is 20.1. The highest BCUT2D eigenvalue weighted by atomic mass is 16.5. The van der Waals surface area contributed by atoms with Crippen molar-refractivity contribution in [1.29, 1.82) is 0 Å². The van der Waals surface area contributed by atoms with Gasteiger partial charge in [0.2, 0.25) is 5.91 Å². The number of hydrogen-bond donors (Lipinski definition) is 3. The third-order valence-electron chi connectivity index (χ3n) is 5.12. The zero-order chi connectivity index (χ0) is 20.5. The first kappa shape index (κ1) is 18.3. The molecule has 3 aromatic heterocycles. The number of nitrogens with one attached hydrogen (secondary N) is 2. The van der Waals surface area contributed by atoms with Crippen molar-refractivity contribution in [2.45, 2.75) is 19.1 Å². The molecule has 0 aliphatic carbocycles. The molecule has 0 spiro atoms. The van der Waals surface area contributed by atoms with E-state index in [9.17, 15) is 4.79 Å². The number of aromatic nitrogens is 4. The first-order chi connectivity index (χ1) is 14.7. The van der Waals surface area contributed by atoms with Crippen LogP contribution in [0.5, 0.6) is 0 Å². The van der Waals surface area contributed by atoms with Crippen molar-refractivity contribution in [2.24, 2.45) is 0 Å². The summed E-state index contributed by atoms with van der Waals surface area (Å²) in [6.07, 6.45) is 7.14. The minimum Gasteiger partial charge on any atom is -0.397 e. The number of carbonyl (C=O) groups is 1. The van der Waals surface area contributed by atoms with E-state index in [0.29, 0.717) is 25.4 Å². The van der Waals surface area contributed by atoms with Crippen molar-refractivity contribution in [1.82, 2.24) is 25.1 Å².